The number of benzene rings is 1. The lowest BCUT2D eigenvalue weighted by Gasteiger charge is -2.11. The van der Waals surface area contributed by atoms with Crippen LogP contribution in [0.1, 0.15) is 28.2 Å². The molecule has 0 bridgehead atoms. The third kappa shape index (κ3) is 4.45. The molecule has 0 unspecified atom stereocenters. The van der Waals surface area contributed by atoms with Crippen LogP contribution in [-0.2, 0) is 12.2 Å². The van der Waals surface area contributed by atoms with Gasteiger partial charge in [0.05, 0.1) is 5.69 Å². The number of halogens is 3. The molecule has 0 amide bonds. The predicted molar refractivity (Wildman–Crippen MR) is 133 cm³/mol. The molecule has 4 aromatic heterocycles. The van der Waals surface area contributed by atoms with Crippen LogP contribution in [0.15, 0.2) is 57.0 Å². The minimum atomic E-state index is -0.370. The van der Waals surface area contributed by atoms with Crippen LogP contribution in [0, 0.1) is 19.7 Å². The van der Waals surface area contributed by atoms with Gasteiger partial charge in [-0.15, -0.1) is 5.10 Å². The molecule has 5 rings (SSSR count). The highest BCUT2D eigenvalue weighted by Crippen LogP contribution is 2.25. The van der Waals surface area contributed by atoms with Crippen molar-refractivity contribution in [2.45, 2.75) is 31.2 Å². The van der Waals surface area contributed by atoms with Gasteiger partial charge in [0, 0.05) is 45.3 Å². The van der Waals surface area contributed by atoms with E-state index in [4.69, 9.17) is 11.6 Å². The maximum Gasteiger partial charge on any atom is 0.258 e. The van der Waals surface area contributed by atoms with Gasteiger partial charge < -0.3 is 0 Å². The zero-order valence-electron chi connectivity index (χ0n) is 18.1. The summed E-state index contributed by atoms with van der Waals surface area (Å²) in [6.07, 6.45) is 2.20. The number of hydrogen-bond acceptors (Lipinski definition) is 6. The molecule has 0 radical (unpaired) electrons. The fourth-order valence-electron chi connectivity index (χ4n) is 3.70. The Bertz CT molecular complexity index is 1640. The fraction of sp³-hybridized carbons (Fsp3) is 0.174. The summed E-state index contributed by atoms with van der Waals surface area (Å²) in [5.41, 5.74) is 4.53. The van der Waals surface area contributed by atoms with Gasteiger partial charge in [-0.3, -0.25) is 9.20 Å². The molecule has 0 saturated heterocycles. The van der Waals surface area contributed by atoms with Crippen molar-refractivity contribution in [3.05, 3.63) is 96.5 Å². The Kier molecular flexibility index (Phi) is 6.13. The zero-order valence-corrected chi connectivity index (χ0v) is 21.2. The molecule has 11 heteroatoms. The molecule has 0 spiro atoms. The Morgan fingerprint density at radius 1 is 1.12 bits per heavy atom. The van der Waals surface area contributed by atoms with Crippen LogP contribution in [-0.4, -0.2) is 29.0 Å². The predicted octanol–water partition coefficient (Wildman–Crippen LogP) is 5.19. The molecule has 0 aliphatic carbocycles. The average Bonchev–Trinajstić information content (AvgIpc) is 3.20. The first kappa shape index (κ1) is 22.9. The quantitative estimate of drug-likeness (QED) is 0.276. The van der Waals surface area contributed by atoms with Gasteiger partial charge in [0.2, 0.25) is 5.16 Å². The average molecular weight is 560 g/mol. The third-order valence-corrected chi connectivity index (χ3v) is 7.13. The summed E-state index contributed by atoms with van der Waals surface area (Å²) < 4.78 is 17.4. The Labute approximate surface area is 211 Å². The normalized spacial score (nSPS) is 11.6. The third-order valence-electron chi connectivity index (χ3n) is 5.44. The molecule has 1 aromatic carbocycles. The second-order valence-corrected chi connectivity index (χ2v) is 10.00. The van der Waals surface area contributed by atoms with Gasteiger partial charge in [-0.2, -0.15) is 4.98 Å². The lowest BCUT2D eigenvalue weighted by atomic mass is 10.0. The van der Waals surface area contributed by atoms with Crippen LogP contribution < -0.4 is 5.56 Å². The highest BCUT2D eigenvalue weighted by Gasteiger charge is 2.16. The molecule has 34 heavy (non-hydrogen) atoms. The van der Waals surface area contributed by atoms with E-state index in [-0.39, 0.29) is 11.4 Å². The molecule has 172 valence electrons. The number of rotatable bonds is 5. The lowest BCUT2D eigenvalue weighted by molar-refractivity contribution is 0.627. The fourth-order valence-corrected chi connectivity index (χ4v) is 4.98. The first-order valence-electron chi connectivity index (χ1n) is 10.3. The van der Waals surface area contributed by atoms with Gasteiger partial charge in [0.1, 0.15) is 11.5 Å². The summed E-state index contributed by atoms with van der Waals surface area (Å²) in [7, 11) is 0. The summed E-state index contributed by atoms with van der Waals surface area (Å²) in [4.78, 5) is 26.1. The van der Waals surface area contributed by atoms with Crippen LogP contribution in [0.25, 0.3) is 11.4 Å². The van der Waals surface area contributed by atoms with Gasteiger partial charge in [0.15, 0.2) is 0 Å². The highest BCUT2D eigenvalue weighted by molar-refractivity contribution is 9.10. The van der Waals surface area contributed by atoms with E-state index in [1.807, 2.05) is 19.9 Å². The second-order valence-electron chi connectivity index (χ2n) is 7.73. The van der Waals surface area contributed by atoms with E-state index in [1.54, 1.807) is 22.8 Å². The van der Waals surface area contributed by atoms with Crippen molar-refractivity contribution >= 4 is 50.7 Å². The minimum Gasteiger partial charge on any atom is -0.269 e. The van der Waals surface area contributed by atoms with E-state index in [2.05, 4.69) is 36.0 Å². The Morgan fingerprint density at radius 3 is 2.74 bits per heavy atom. The molecule has 5 aromatic rings. The lowest BCUT2D eigenvalue weighted by Crippen LogP contribution is -2.15. The van der Waals surface area contributed by atoms with Crippen LogP contribution in [0.2, 0.25) is 5.02 Å². The van der Waals surface area contributed by atoms with Crippen molar-refractivity contribution in [1.82, 2.24) is 29.0 Å². The largest absolute Gasteiger partial charge is 0.269 e. The molecule has 7 nitrogen and oxygen atoms in total. The summed E-state index contributed by atoms with van der Waals surface area (Å²) in [5, 5.41) is 5.51. The number of fused-ring (bicyclic) bond motifs is 2. The molecule has 0 fully saturated rings. The standard InChI is InChI=1S/C23H17BrClFN6OS/c1-12-18(7-14-3-5-16(26)8-19(14)25)13(2)32-22(27-12)29-23(30-32)34-11-17-9-21(33)31-10-15(24)4-6-20(31)28-17/h3-6,8-10H,7,11H2,1-2H3. The first-order valence-corrected chi connectivity index (χ1v) is 12.4. The monoisotopic (exact) mass is 558 g/mol. The number of hydrogen-bond donors (Lipinski definition) is 0. The SMILES string of the molecule is Cc1nc2nc(SCc3cc(=O)n4cc(Br)ccc4n3)nn2c(C)c1Cc1ccc(F)cc1Cl. The molecule has 0 saturated carbocycles. The van der Waals surface area contributed by atoms with Gasteiger partial charge in [-0.05, 0) is 65.2 Å². The van der Waals surface area contributed by atoms with Gasteiger partial charge in [0.25, 0.3) is 11.3 Å². The number of nitrogens with zero attached hydrogens (tertiary/aromatic N) is 6. The maximum atomic E-state index is 13.4. The topological polar surface area (TPSA) is 77.5 Å². The molecule has 0 N–H and O–H groups in total. The maximum absolute atomic E-state index is 13.4. The van der Waals surface area contributed by atoms with E-state index in [9.17, 15) is 9.18 Å². The molecule has 0 aliphatic heterocycles. The summed E-state index contributed by atoms with van der Waals surface area (Å²) in [6.45, 7) is 3.85. The summed E-state index contributed by atoms with van der Waals surface area (Å²) >= 11 is 11.0. The van der Waals surface area contributed by atoms with Crippen molar-refractivity contribution in [2.24, 2.45) is 0 Å². The number of aromatic nitrogens is 6. The minimum absolute atomic E-state index is 0.151. The molecule has 4 heterocycles. The van der Waals surface area contributed by atoms with Crippen LogP contribution in [0.4, 0.5) is 4.39 Å². The van der Waals surface area contributed by atoms with Gasteiger partial charge in [-0.25, -0.2) is 18.9 Å². The van der Waals surface area contributed by atoms with Crippen LogP contribution in [0.3, 0.4) is 0 Å². The second kappa shape index (κ2) is 9.09. The van der Waals surface area contributed by atoms with Crippen molar-refractivity contribution < 1.29 is 4.39 Å². The van der Waals surface area contributed by atoms with Gasteiger partial charge >= 0.3 is 0 Å². The number of aryl methyl sites for hydroxylation is 2. The van der Waals surface area contributed by atoms with Crippen molar-refractivity contribution in [2.75, 3.05) is 0 Å². The summed E-state index contributed by atoms with van der Waals surface area (Å²) in [5.74, 6) is 0.558. The Balaban J connectivity index is 1.42. The van der Waals surface area contributed by atoms with Gasteiger partial charge in [-0.1, -0.05) is 29.4 Å². The zero-order chi connectivity index (χ0) is 24.0. The molecule has 0 atom stereocenters. The Hall–Kier alpha value is -2.82. The van der Waals surface area contributed by atoms with E-state index in [0.717, 1.165) is 27.0 Å². The van der Waals surface area contributed by atoms with Crippen molar-refractivity contribution in [1.29, 1.82) is 0 Å². The highest BCUT2D eigenvalue weighted by atomic mass is 79.9. The smallest absolute Gasteiger partial charge is 0.258 e. The van der Waals surface area contributed by atoms with E-state index >= 15 is 0 Å². The molecular weight excluding hydrogens is 543 g/mol. The van der Waals surface area contributed by atoms with Crippen LogP contribution in [0.5, 0.6) is 0 Å². The van der Waals surface area contributed by atoms with Crippen molar-refractivity contribution in [3.8, 4) is 0 Å². The van der Waals surface area contributed by atoms with E-state index in [0.29, 0.717) is 39.5 Å². The van der Waals surface area contributed by atoms with Crippen molar-refractivity contribution in [3.63, 3.8) is 0 Å². The number of pyridine rings is 1. The Morgan fingerprint density at radius 2 is 1.94 bits per heavy atom. The molecular formula is C23H17BrClFN6OS. The van der Waals surface area contributed by atoms with Crippen LogP contribution >= 0.6 is 39.3 Å². The number of thioether (sulfide) groups is 1. The van der Waals surface area contributed by atoms with E-state index < -0.39 is 0 Å². The first-order chi connectivity index (χ1) is 16.3. The molecule has 0 aliphatic rings. The van der Waals surface area contributed by atoms with E-state index in [1.165, 1.54) is 34.4 Å². The summed E-state index contributed by atoms with van der Waals surface area (Å²) in [6, 6.07) is 9.53.